The second-order valence-corrected chi connectivity index (χ2v) is 6.02. The van der Waals surface area contributed by atoms with Crippen LogP contribution in [0.3, 0.4) is 0 Å². The normalized spacial score (nSPS) is 19.5. The highest BCUT2D eigenvalue weighted by atomic mass is 16.3. The zero-order chi connectivity index (χ0) is 12.5. The number of hydrogen-bond acceptors (Lipinski definition) is 2. The molecule has 0 atom stereocenters. The SMILES string of the molecule is CC(C)(C)N1CCC(c2ccc(O)cc2)CC1. The lowest BCUT2D eigenvalue weighted by molar-refractivity contribution is 0.102. The molecule has 1 aliphatic heterocycles. The van der Waals surface area contributed by atoms with Crippen LogP contribution in [0.15, 0.2) is 24.3 Å². The molecule has 0 radical (unpaired) electrons. The number of aromatic hydroxyl groups is 1. The summed E-state index contributed by atoms with van der Waals surface area (Å²) in [5, 5.41) is 9.30. The first-order chi connectivity index (χ1) is 7.97. The second kappa shape index (κ2) is 4.69. The minimum absolute atomic E-state index is 0.292. The van der Waals surface area contributed by atoms with Crippen molar-refractivity contribution in [1.82, 2.24) is 4.90 Å². The zero-order valence-corrected chi connectivity index (χ0v) is 11.1. The van der Waals surface area contributed by atoms with Crippen molar-refractivity contribution in [3.05, 3.63) is 29.8 Å². The average Bonchev–Trinajstić information content (AvgIpc) is 2.29. The monoisotopic (exact) mass is 233 g/mol. The predicted molar refractivity (Wildman–Crippen MR) is 71.4 cm³/mol. The quantitative estimate of drug-likeness (QED) is 0.804. The van der Waals surface area contributed by atoms with E-state index in [1.165, 1.54) is 31.5 Å². The van der Waals surface area contributed by atoms with E-state index >= 15 is 0 Å². The zero-order valence-electron chi connectivity index (χ0n) is 11.1. The Bertz CT molecular complexity index is 356. The Hall–Kier alpha value is -1.02. The summed E-state index contributed by atoms with van der Waals surface area (Å²) in [5.41, 5.74) is 1.66. The van der Waals surface area contributed by atoms with Crippen LogP contribution in [-0.4, -0.2) is 28.6 Å². The van der Waals surface area contributed by atoms with Gasteiger partial charge in [0.1, 0.15) is 5.75 Å². The first-order valence-electron chi connectivity index (χ1n) is 6.51. The summed E-state index contributed by atoms with van der Waals surface area (Å²) in [6.45, 7) is 9.21. The van der Waals surface area contributed by atoms with E-state index in [-0.39, 0.29) is 0 Å². The topological polar surface area (TPSA) is 23.5 Å². The summed E-state index contributed by atoms with van der Waals surface area (Å²) in [6, 6.07) is 7.72. The van der Waals surface area contributed by atoms with Crippen molar-refractivity contribution in [2.45, 2.75) is 45.1 Å². The molecule has 2 heteroatoms. The molecular formula is C15H23NO. The Morgan fingerprint density at radius 2 is 1.59 bits per heavy atom. The molecule has 1 heterocycles. The third kappa shape index (κ3) is 3.01. The smallest absolute Gasteiger partial charge is 0.115 e. The van der Waals surface area contributed by atoms with Crippen LogP contribution in [-0.2, 0) is 0 Å². The van der Waals surface area contributed by atoms with Gasteiger partial charge < -0.3 is 5.11 Å². The van der Waals surface area contributed by atoms with Crippen molar-refractivity contribution < 1.29 is 5.11 Å². The maximum Gasteiger partial charge on any atom is 0.115 e. The Morgan fingerprint density at radius 3 is 2.06 bits per heavy atom. The lowest BCUT2D eigenvalue weighted by atomic mass is 9.87. The van der Waals surface area contributed by atoms with E-state index in [2.05, 4.69) is 37.8 Å². The highest BCUT2D eigenvalue weighted by Crippen LogP contribution is 2.31. The fraction of sp³-hybridized carbons (Fsp3) is 0.600. The van der Waals surface area contributed by atoms with Gasteiger partial charge in [0.05, 0.1) is 0 Å². The molecule has 2 rings (SSSR count). The van der Waals surface area contributed by atoms with Crippen LogP contribution in [0, 0.1) is 0 Å². The van der Waals surface area contributed by atoms with E-state index in [0.29, 0.717) is 17.2 Å². The number of benzene rings is 1. The van der Waals surface area contributed by atoms with Gasteiger partial charge in [0.2, 0.25) is 0 Å². The summed E-state index contributed by atoms with van der Waals surface area (Å²) in [5.74, 6) is 1.02. The average molecular weight is 233 g/mol. The van der Waals surface area contributed by atoms with Crippen LogP contribution in [0.2, 0.25) is 0 Å². The molecule has 1 fully saturated rings. The lowest BCUT2D eigenvalue weighted by Gasteiger charge is -2.41. The van der Waals surface area contributed by atoms with E-state index in [0.717, 1.165) is 0 Å². The largest absolute Gasteiger partial charge is 0.508 e. The highest BCUT2D eigenvalue weighted by Gasteiger charge is 2.27. The number of phenols is 1. The van der Waals surface area contributed by atoms with Crippen LogP contribution in [0.1, 0.15) is 45.1 Å². The Labute approximate surface area is 104 Å². The molecule has 1 aliphatic rings. The number of hydrogen-bond donors (Lipinski definition) is 1. The molecule has 0 bridgehead atoms. The van der Waals surface area contributed by atoms with Gasteiger partial charge in [0.15, 0.2) is 0 Å². The van der Waals surface area contributed by atoms with Gasteiger partial charge in [0, 0.05) is 5.54 Å². The van der Waals surface area contributed by atoms with Crippen LogP contribution >= 0.6 is 0 Å². The first kappa shape index (κ1) is 12.4. The third-order valence-corrected chi connectivity index (χ3v) is 3.81. The van der Waals surface area contributed by atoms with Crippen LogP contribution in [0.4, 0.5) is 0 Å². The molecule has 1 saturated heterocycles. The van der Waals surface area contributed by atoms with Gasteiger partial charge in [-0.25, -0.2) is 0 Å². The van der Waals surface area contributed by atoms with Crippen molar-refractivity contribution in [1.29, 1.82) is 0 Å². The van der Waals surface area contributed by atoms with Gasteiger partial charge in [-0.15, -0.1) is 0 Å². The predicted octanol–water partition coefficient (Wildman–Crippen LogP) is 3.37. The number of rotatable bonds is 1. The molecule has 0 unspecified atom stereocenters. The molecular weight excluding hydrogens is 210 g/mol. The van der Waals surface area contributed by atoms with Crippen LogP contribution < -0.4 is 0 Å². The summed E-state index contributed by atoms with van der Waals surface area (Å²) >= 11 is 0. The molecule has 94 valence electrons. The van der Waals surface area contributed by atoms with Crippen LogP contribution in [0.25, 0.3) is 0 Å². The van der Waals surface area contributed by atoms with Crippen LogP contribution in [0.5, 0.6) is 5.75 Å². The molecule has 1 aromatic carbocycles. The van der Waals surface area contributed by atoms with Crippen molar-refractivity contribution in [3.8, 4) is 5.75 Å². The molecule has 0 amide bonds. The number of phenolic OH excluding ortho intramolecular Hbond substituents is 1. The van der Waals surface area contributed by atoms with Crippen molar-refractivity contribution in [2.75, 3.05) is 13.1 Å². The molecule has 0 spiro atoms. The fourth-order valence-electron chi connectivity index (χ4n) is 2.63. The maximum absolute atomic E-state index is 9.30. The summed E-state index contributed by atoms with van der Waals surface area (Å²) in [6.07, 6.45) is 2.45. The number of likely N-dealkylation sites (tertiary alicyclic amines) is 1. The molecule has 17 heavy (non-hydrogen) atoms. The third-order valence-electron chi connectivity index (χ3n) is 3.81. The second-order valence-electron chi connectivity index (χ2n) is 6.02. The van der Waals surface area contributed by atoms with Crippen molar-refractivity contribution >= 4 is 0 Å². The standard InChI is InChI=1S/C15H23NO/c1-15(2,3)16-10-8-13(9-11-16)12-4-6-14(17)7-5-12/h4-7,13,17H,8-11H2,1-3H3. The minimum atomic E-state index is 0.292. The lowest BCUT2D eigenvalue weighted by Crippen LogP contribution is -2.45. The molecule has 1 N–H and O–H groups in total. The summed E-state index contributed by atoms with van der Waals surface area (Å²) in [7, 11) is 0. The van der Waals surface area contributed by atoms with E-state index in [9.17, 15) is 5.11 Å². The van der Waals surface area contributed by atoms with E-state index in [4.69, 9.17) is 0 Å². The molecule has 2 nitrogen and oxygen atoms in total. The first-order valence-corrected chi connectivity index (χ1v) is 6.51. The van der Waals surface area contributed by atoms with E-state index in [1.54, 1.807) is 12.1 Å². The number of piperidine rings is 1. The Morgan fingerprint density at radius 1 is 1.06 bits per heavy atom. The summed E-state index contributed by atoms with van der Waals surface area (Å²) < 4.78 is 0. The van der Waals surface area contributed by atoms with E-state index < -0.39 is 0 Å². The van der Waals surface area contributed by atoms with Gasteiger partial charge in [0.25, 0.3) is 0 Å². The Kier molecular flexibility index (Phi) is 3.43. The fourth-order valence-corrected chi connectivity index (χ4v) is 2.63. The Balaban J connectivity index is 1.97. The molecule has 1 aromatic rings. The van der Waals surface area contributed by atoms with E-state index in [1.807, 2.05) is 0 Å². The molecule has 0 aromatic heterocycles. The maximum atomic E-state index is 9.30. The highest BCUT2D eigenvalue weighted by molar-refractivity contribution is 5.28. The molecule has 0 aliphatic carbocycles. The molecule has 0 saturated carbocycles. The van der Waals surface area contributed by atoms with Gasteiger partial charge >= 0.3 is 0 Å². The van der Waals surface area contributed by atoms with Crippen molar-refractivity contribution in [2.24, 2.45) is 0 Å². The van der Waals surface area contributed by atoms with Gasteiger partial charge in [-0.1, -0.05) is 12.1 Å². The van der Waals surface area contributed by atoms with Gasteiger partial charge in [-0.2, -0.15) is 0 Å². The number of nitrogens with zero attached hydrogens (tertiary/aromatic N) is 1. The van der Waals surface area contributed by atoms with Gasteiger partial charge in [-0.3, -0.25) is 4.90 Å². The van der Waals surface area contributed by atoms with Gasteiger partial charge in [-0.05, 0) is 70.3 Å². The minimum Gasteiger partial charge on any atom is -0.508 e. The van der Waals surface area contributed by atoms with Crippen molar-refractivity contribution in [3.63, 3.8) is 0 Å². The summed E-state index contributed by atoms with van der Waals surface area (Å²) in [4.78, 5) is 2.56.